The predicted molar refractivity (Wildman–Crippen MR) is 118 cm³/mol. The maximum atomic E-state index is 13.5. The molecule has 2 saturated heterocycles. The maximum absolute atomic E-state index is 13.5. The topological polar surface area (TPSA) is 71.1 Å². The average molecular weight is 457 g/mol. The van der Waals surface area contributed by atoms with Crippen LogP contribution in [0.25, 0.3) is 0 Å². The summed E-state index contributed by atoms with van der Waals surface area (Å²) in [6.45, 7) is 1.18. The second kappa shape index (κ2) is 7.42. The molecule has 2 aliphatic carbocycles. The third-order valence-electron chi connectivity index (χ3n) is 8.19. The maximum Gasteiger partial charge on any atom is 0.313 e. The van der Waals surface area contributed by atoms with E-state index in [0.29, 0.717) is 31.8 Å². The van der Waals surface area contributed by atoms with E-state index in [9.17, 15) is 9.59 Å². The summed E-state index contributed by atoms with van der Waals surface area (Å²) >= 11 is 1.58. The first-order chi connectivity index (χ1) is 15.5. The van der Waals surface area contributed by atoms with Crippen LogP contribution in [0.2, 0.25) is 0 Å². The molecule has 7 heteroatoms. The smallest absolute Gasteiger partial charge is 0.313 e. The van der Waals surface area contributed by atoms with Gasteiger partial charge in [0.25, 0.3) is 0 Å². The lowest BCUT2D eigenvalue weighted by Crippen LogP contribution is -2.49. The van der Waals surface area contributed by atoms with E-state index in [1.54, 1.807) is 11.8 Å². The highest BCUT2D eigenvalue weighted by Crippen LogP contribution is 2.67. The predicted octanol–water partition coefficient (Wildman–Crippen LogP) is 3.49. The van der Waals surface area contributed by atoms with Crippen LogP contribution in [0.1, 0.15) is 31.2 Å². The second-order valence-electron chi connectivity index (χ2n) is 9.53. The van der Waals surface area contributed by atoms with Gasteiger partial charge in [-0.3, -0.25) is 9.59 Å². The Morgan fingerprint density at radius 3 is 2.66 bits per heavy atom. The monoisotopic (exact) mass is 456 g/mol. The molecule has 0 unspecified atom stereocenters. The second-order valence-corrected chi connectivity index (χ2v) is 10.7. The summed E-state index contributed by atoms with van der Waals surface area (Å²) in [6.07, 6.45) is 6.88. The molecule has 4 fully saturated rings. The van der Waals surface area contributed by atoms with Crippen LogP contribution in [0.4, 0.5) is 0 Å². The molecule has 3 aliphatic heterocycles. The lowest BCUT2D eigenvalue weighted by atomic mass is 9.66. The summed E-state index contributed by atoms with van der Waals surface area (Å²) in [5.74, 6) is -1.24. The Morgan fingerprint density at radius 2 is 1.91 bits per heavy atom. The molecule has 2 bridgehead atoms. The molecule has 6 nitrogen and oxygen atoms in total. The van der Waals surface area contributed by atoms with Crippen LogP contribution in [0.5, 0.6) is 0 Å². The van der Waals surface area contributed by atoms with E-state index in [1.807, 2.05) is 24.3 Å². The Hall–Kier alpha value is -1.67. The third kappa shape index (κ3) is 2.77. The highest BCUT2D eigenvalue weighted by atomic mass is 32.2. The van der Waals surface area contributed by atoms with Crippen molar-refractivity contribution < 1.29 is 28.5 Å². The van der Waals surface area contributed by atoms with Gasteiger partial charge in [0.2, 0.25) is 0 Å². The fourth-order valence-corrected chi connectivity index (χ4v) is 8.31. The molecule has 170 valence electrons. The van der Waals surface area contributed by atoms with Gasteiger partial charge in [0.05, 0.1) is 26.2 Å². The number of rotatable bonds is 4. The van der Waals surface area contributed by atoms with E-state index >= 15 is 0 Å². The van der Waals surface area contributed by atoms with E-state index in [0.717, 1.165) is 18.4 Å². The molecule has 3 heterocycles. The minimum atomic E-state index is -0.904. The van der Waals surface area contributed by atoms with Crippen molar-refractivity contribution >= 4 is 23.5 Å². The first-order valence-electron chi connectivity index (χ1n) is 11.5. The van der Waals surface area contributed by atoms with Crippen molar-refractivity contribution in [3.8, 4) is 0 Å². The molecule has 1 aromatic rings. The molecule has 6 atom stereocenters. The lowest BCUT2D eigenvalue weighted by Gasteiger charge is -2.39. The number of hydrogen-bond acceptors (Lipinski definition) is 7. The molecule has 0 aromatic heterocycles. The number of Topliss-reactive ketones (excluding diaryl/α,β-unsaturated/α-hetero) is 1. The number of carbonyl (C=O) groups is 2. The number of ether oxygens (including phenoxy) is 4. The number of ketones is 1. The minimum Gasteiger partial charge on any atom is -0.469 e. The highest BCUT2D eigenvalue weighted by molar-refractivity contribution is 8.00. The summed E-state index contributed by atoms with van der Waals surface area (Å²) < 4.78 is 24.4. The van der Waals surface area contributed by atoms with Crippen molar-refractivity contribution in [2.75, 3.05) is 20.3 Å². The van der Waals surface area contributed by atoms with Crippen LogP contribution >= 0.6 is 11.8 Å². The lowest BCUT2D eigenvalue weighted by molar-refractivity contribution is -0.195. The van der Waals surface area contributed by atoms with Gasteiger partial charge >= 0.3 is 5.97 Å². The fourth-order valence-electron chi connectivity index (χ4n) is 6.94. The molecule has 32 heavy (non-hydrogen) atoms. The summed E-state index contributed by atoms with van der Waals surface area (Å²) in [7, 11) is 1.40. The Balaban J connectivity index is 1.39. The normalized spacial score (nSPS) is 41.0. The van der Waals surface area contributed by atoms with E-state index in [1.165, 1.54) is 7.11 Å². The minimum absolute atomic E-state index is 0.0714. The van der Waals surface area contributed by atoms with Gasteiger partial charge in [-0.25, -0.2) is 0 Å². The van der Waals surface area contributed by atoms with Crippen LogP contribution in [0.15, 0.2) is 42.5 Å². The SMILES string of the molecule is COC(=O)[C@H]1[C@H]2C(=O)CC[C@H]3[C@@H](CCC34OCCO4)[C@@]23C=C[C@]1(SCc1ccccc1)O3. The summed E-state index contributed by atoms with van der Waals surface area (Å²) in [5, 5.41) is 0. The van der Waals surface area contributed by atoms with Crippen molar-refractivity contribution in [1.82, 2.24) is 0 Å². The molecule has 2 spiro atoms. The molecule has 1 aromatic carbocycles. The first-order valence-corrected chi connectivity index (χ1v) is 12.5. The first kappa shape index (κ1) is 20.9. The van der Waals surface area contributed by atoms with Gasteiger partial charge in [0.15, 0.2) is 5.79 Å². The fraction of sp³-hybridized carbons (Fsp3) is 0.600. The number of carbonyl (C=O) groups excluding carboxylic acids is 2. The molecular formula is C25H28O6S. The summed E-state index contributed by atoms with van der Waals surface area (Å²) in [6, 6.07) is 10.1. The Morgan fingerprint density at radius 1 is 1.12 bits per heavy atom. The van der Waals surface area contributed by atoms with Crippen molar-refractivity contribution in [2.24, 2.45) is 23.7 Å². The number of esters is 1. The van der Waals surface area contributed by atoms with Gasteiger partial charge in [0, 0.05) is 30.4 Å². The van der Waals surface area contributed by atoms with Gasteiger partial charge in [-0.05, 0) is 24.5 Å². The zero-order valence-corrected chi connectivity index (χ0v) is 19.0. The van der Waals surface area contributed by atoms with Crippen LogP contribution in [0.3, 0.4) is 0 Å². The molecular weight excluding hydrogens is 428 g/mol. The zero-order valence-electron chi connectivity index (χ0n) is 18.2. The van der Waals surface area contributed by atoms with Crippen LogP contribution < -0.4 is 0 Å². The van der Waals surface area contributed by atoms with Crippen molar-refractivity contribution in [3.63, 3.8) is 0 Å². The van der Waals surface area contributed by atoms with Crippen molar-refractivity contribution in [3.05, 3.63) is 48.0 Å². The van der Waals surface area contributed by atoms with Gasteiger partial charge < -0.3 is 18.9 Å². The van der Waals surface area contributed by atoms with Gasteiger partial charge in [-0.1, -0.05) is 36.4 Å². The summed E-state index contributed by atoms with van der Waals surface area (Å²) in [5.41, 5.74) is 0.344. The van der Waals surface area contributed by atoms with Crippen LogP contribution in [0, 0.1) is 23.7 Å². The molecule has 6 rings (SSSR count). The summed E-state index contributed by atoms with van der Waals surface area (Å²) in [4.78, 5) is 25.8. The highest BCUT2D eigenvalue weighted by Gasteiger charge is 2.75. The number of benzene rings is 1. The van der Waals surface area contributed by atoms with Crippen molar-refractivity contribution in [2.45, 2.75) is 47.8 Å². The van der Waals surface area contributed by atoms with E-state index < -0.39 is 28.2 Å². The molecule has 5 aliphatic rings. The standard InChI is InChI=1S/C25H28O6S/c1-28-22(27)21-20-19(26)8-7-18-17(9-10-24(18)29-13-14-30-24)23(20)11-12-25(21,31-23)32-15-16-5-3-2-4-6-16/h2-6,11-12,17-18,20-21H,7-10,13-15H2,1H3/t17-,18+,20-,21-,23+,25-/m1/s1. The van der Waals surface area contributed by atoms with Crippen LogP contribution in [-0.2, 0) is 34.3 Å². The van der Waals surface area contributed by atoms with Crippen LogP contribution in [-0.4, -0.2) is 48.4 Å². The average Bonchev–Trinajstić information content (AvgIpc) is 3.57. The van der Waals surface area contributed by atoms with E-state index in [2.05, 4.69) is 18.2 Å². The molecule has 0 N–H and O–H groups in total. The van der Waals surface area contributed by atoms with Gasteiger partial charge in [-0.2, -0.15) is 0 Å². The molecule has 0 amide bonds. The Kier molecular flexibility index (Phi) is 4.85. The van der Waals surface area contributed by atoms with Crippen molar-refractivity contribution in [1.29, 1.82) is 0 Å². The number of hydrogen-bond donors (Lipinski definition) is 0. The zero-order chi connectivity index (χ0) is 22.0. The Labute approximate surface area is 192 Å². The number of fused-ring (bicyclic) bond motifs is 3. The molecule has 2 saturated carbocycles. The largest absolute Gasteiger partial charge is 0.469 e. The Bertz CT molecular complexity index is 956. The number of methoxy groups -OCH3 is 1. The number of thioether (sulfide) groups is 1. The quantitative estimate of drug-likeness (QED) is 0.507. The van der Waals surface area contributed by atoms with E-state index in [-0.39, 0.29) is 23.6 Å². The van der Waals surface area contributed by atoms with Gasteiger partial charge in [0.1, 0.15) is 22.2 Å². The molecule has 0 radical (unpaired) electrons. The van der Waals surface area contributed by atoms with E-state index in [4.69, 9.17) is 18.9 Å². The third-order valence-corrected chi connectivity index (χ3v) is 9.59. The van der Waals surface area contributed by atoms with Gasteiger partial charge in [-0.15, -0.1) is 11.8 Å².